The third kappa shape index (κ3) is 4.32. The maximum absolute atomic E-state index is 9.90. The van der Waals surface area contributed by atoms with E-state index in [1.807, 2.05) is 24.3 Å². The van der Waals surface area contributed by atoms with Crippen LogP contribution in [0.25, 0.3) is 0 Å². The quantitative estimate of drug-likeness (QED) is 0.897. The fraction of sp³-hybridized carbons (Fsp3) is 0.571. The predicted molar refractivity (Wildman–Crippen MR) is 72.2 cm³/mol. The molecular weight excluding hydrogens is 280 g/mol. The van der Waals surface area contributed by atoms with E-state index in [9.17, 15) is 5.11 Å². The lowest BCUT2D eigenvalue weighted by Crippen LogP contribution is -2.20. The largest absolute Gasteiger partial charge is 0.491 e. The van der Waals surface area contributed by atoms with Gasteiger partial charge in [-0.1, -0.05) is 47.7 Å². The number of rotatable bonds is 5. The molecule has 1 aromatic carbocycles. The van der Waals surface area contributed by atoms with Crippen molar-refractivity contribution in [2.24, 2.45) is 5.92 Å². The molecule has 0 bridgehead atoms. The molecule has 1 aliphatic rings. The van der Waals surface area contributed by atoms with E-state index in [1.165, 1.54) is 25.7 Å². The summed E-state index contributed by atoms with van der Waals surface area (Å²) in [4.78, 5) is 0. The van der Waals surface area contributed by atoms with Crippen molar-refractivity contribution >= 4 is 15.9 Å². The standard InChI is InChI=1S/C14H19BrO2/c15-12-6-3-7-14(9-12)17-10-13(16)8-11-4-1-2-5-11/h3,6-7,9,11,13,16H,1-2,4-5,8,10H2. The maximum Gasteiger partial charge on any atom is 0.120 e. The molecule has 0 spiro atoms. The summed E-state index contributed by atoms with van der Waals surface area (Å²) < 4.78 is 6.58. The first kappa shape index (κ1) is 12.9. The van der Waals surface area contributed by atoms with Gasteiger partial charge in [0.05, 0.1) is 6.10 Å². The third-order valence-electron chi connectivity index (χ3n) is 3.32. The molecule has 1 saturated carbocycles. The Morgan fingerprint density at radius 2 is 2.12 bits per heavy atom. The zero-order valence-electron chi connectivity index (χ0n) is 9.94. The van der Waals surface area contributed by atoms with Crippen LogP contribution in [0.3, 0.4) is 0 Å². The molecule has 1 aromatic rings. The third-order valence-corrected chi connectivity index (χ3v) is 3.81. The van der Waals surface area contributed by atoms with Crippen LogP contribution in [0.15, 0.2) is 28.7 Å². The van der Waals surface area contributed by atoms with Crippen LogP contribution < -0.4 is 4.74 Å². The summed E-state index contributed by atoms with van der Waals surface area (Å²) in [5.41, 5.74) is 0. The van der Waals surface area contributed by atoms with Crippen molar-refractivity contribution in [1.29, 1.82) is 0 Å². The normalized spacial score (nSPS) is 18.2. The van der Waals surface area contributed by atoms with E-state index in [1.54, 1.807) is 0 Å². The van der Waals surface area contributed by atoms with Gasteiger partial charge in [-0.2, -0.15) is 0 Å². The highest BCUT2D eigenvalue weighted by molar-refractivity contribution is 9.10. The molecule has 0 saturated heterocycles. The minimum atomic E-state index is -0.336. The highest BCUT2D eigenvalue weighted by atomic mass is 79.9. The van der Waals surface area contributed by atoms with E-state index < -0.39 is 0 Å². The first-order valence-corrected chi connectivity index (χ1v) is 7.10. The Labute approximate surface area is 111 Å². The van der Waals surface area contributed by atoms with Crippen LogP contribution in [0.2, 0.25) is 0 Å². The average molecular weight is 299 g/mol. The fourth-order valence-corrected chi connectivity index (χ4v) is 2.83. The van der Waals surface area contributed by atoms with Gasteiger partial charge >= 0.3 is 0 Å². The van der Waals surface area contributed by atoms with E-state index >= 15 is 0 Å². The Bertz CT molecular complexity index is 348. The minimum Gasteiger partial charge on any atom is -0.491 e. The van der Waals surface area contributed by atoms with Crippen molar-refractivity contribution in [3.05, 3.63) is 28.7 Å². The number of aliphatic hydroxyl groups is 1. The first-order valence-electron chi connectivity index (χ1n) is 6.30. The molecule has 0 heterocycles. The van der Waals surface area contributed by atoms with E-state index in [0.29, 0.717) is 12.5 Å². The summed E-state index contributed by atoms with van der Waals surface area (Å²) in [7, 11) is 0. The van der Waals surface area contributed by atoms with Crippen molar-refractivity contribution < 1.29 is 9.84 Å². The predicted octanol–water partition coefficient (Wildman–Crippen LogP) is 3.77. The molecule has 1 atom stereocenters. The Morgan fingerprint density at radius 1 is 1.35 bits per heavy atom. The Morgan fingerprint density at radius 3 is 2.82 bits per heavy atom. The van der Waals surface area contributed by atoms with Gasteiger partial charge in [0, 0.05) is 4.47 Å². The summed E-state index contributed by atoms with van der Waals surface area (Å²) in [6.07, 6.45) is 5.74. The molecule has 94 valence electrons. The molecule has 2 rings (SSSR count). The SMILES string of the molecule is OC(COc1cccc(Br)c1)CC1CCCC1. The van der Waals surface area contributed by atoms with Gasteiger partial charge in [0.25, 0.3) is 0 Å². The molecule has 0 amide bonds. The number of hydrogen-bond donors (Lipinski definition) is 1. The van der Waals surface area contributed by atoms with Crippen molar-refractivity contribution in [1.82, 2.24) is 0 Å². The van der Waals surface area contributed by atoms with E-state index in [4.69, 9.17) is 4.74 Å². The zero-order valence-corrected chi connectivity index (χ0v) is 11.5. The van der Waals surface area contributed by atoms with Crippen molar-refractivity contribution in [2.45, 2.75) is 38.2 Å². The van der Waals surface area contributed by atoms with Crippen LogP contribution in [-0.4, -0.2) is 17.8 Å². The zero-order chi connectivity index (χ0) is 12.1. The van der Waals surface area contributed by atoms with Crippen LogP contribution in [0.1, 0.15) is 32.1 Å². The summed E-state index contributed by atoms with van der Waals surface area (Å²) in [5.74, 6) is 1.51. The van der Waals surface area contributed by atoms with Crippen LogP contribution >= 0.6 is 15.9 Å². The van der Waals surface area contributed by atoms with Crippen molar-refractivity contribution in [2.75, 3.05) is 6.61 Å². The molecule has 1 N–H and O–H groups in total. The van der Waals surface area contributed by atoms with Gasteiger partial charge in [-0.3, -0.25) is 0 Å². The summed E-state index contributed by atoms with van der Waals surface area (Å²) in [6, 6.07) is 7.72. The molecule has 0 aliphatic heterocycles. The Kier molecular flexibility index (Phi) is 4.86. The number of benzene rings is 1. The number of ether oxygens (including phenoxy) is 1. The van der Waals surface area contributed by atoms with Gasteiger partial charge in [0.15, 0.2) is 0 Å². The molecular formula is C14H19BrO2. The molecule has 0 radical (unpaired) electrons. The van der Waals surface area contributed by atoms with Crippen LogP contribution in [0.5, 0.6) is 5.75 Å². The lowest BCUT2D eigenvalue weighted by molar-refractivity contribution is 0.0855. The molecule has 1 unspecified atom stereocenters. The second-order valence-electron chi connectivity index (χ2n) is 4.81. The van der Waals surface area contributed by atoms with Crippen LogP contribution in [-0.2, 0) is 0 Å². The second kappa shape index (κ2) is 6.41. The van der Waals surface area contributed by atoms with E-state index in [-0.39, 0.29) is 6.10 Å². The number of halogens is 1. The molecule has 1 aliphatic carbocycles. The van der Waals surface area contributed by atoms with Gasteiger partial charge in [0.1, 0.15) is 12.4 Å². The van der Waals surface area contributed by atoms with Gasteiger partial charge in [-0.05, 0) is 30.5 Å². The molecule has 17 heavy (non-hydrogen) atoms. The molecule has 3 heteroatoms. The smallest absolute Gasteiger partial charge is 0.120 e. The lowest BCUT2D eigenvalue weighted by atomic mass is 10.0. The van der Waals surface area contributed by atoms with Crippen molar-refractivity contribution in [3.8, 4) is 5.75 Å². The second-order valence-corrected chi connectivity index (χ2v) is 5.72. The van der Waals surface area contributed by atoms with Gasteiger partial charge in [-0.25, -0.2) is 0 Å². The van der Waals surface area contributed by atoms with Gasteiger partial charge in [-0.15, -0.1) is 0 Å². The Balaban J connectivity index is 1.73. The summed E-state index contributed by atoms with van der Waals surface area (Å²) in [6.45, 7) is 0.396. The van der Waals surface area contributed by atoms with E-state index in [0.717, 1.165) is 16.6 Å². The number of hydrogen-bond acceptors (Lipinski definition) is 2. The van der Waals surface area contributed by atoms with E-state index in [2.05, 4.69) is 15.9 Å². The monoisotopic (exact) mass is 298 g/mol. The van der Waals surface area contributed by atoms with Crippen LogP contribution in [0, 0.1) is 5.92 Å². The fourth-order valence-electron chi connectivity index (χ4n) is 2.45. The minimum absolute atomic E-state index is 0.336. The molecule has 2 nitrogen and oxygen atoms in total. The average Bonchev–Trinajstić information content (AvgIpc) is 2.79. The molecule has 1 fully saturated rings. The van der Waals surface area contributed by atoms with Crippen molar-refractivity contribution in [3.63, 3.8) is 0 Å². The first-order chi connectivity index (χ1) is 8.24. The lowest BCUT2D eigenvalue weighted by Gasteiger charge is -2.16. The summed E-state index contributed by atoms with van der Waals surface area (Å²) in [5, 5.41) is 9.90. The van der Waals surface area contributed by atoms with Gasteiger partial charge < -0.3 is 9.84 Å². The highest BCUT2D eigenvalue weighted by Crippen LogP contribution is 2.28. The highest BCUT2D eigenvalue weighted by Gasteiger charge is 2.19. The molecule has 0 aromatic heterocycles. The van der Waals surface area contributed by atoms with Gasteiger partial charge in [0.2, 0.25) is 0 Å². The van der Waals surface area contributed by atoms with Crippen LogP contribution in [0.4, 0.5) is 0 Å². The summed E-state index contributed by atoms with van der Waals surface area (Å²) >= 11 is 3.40. The maximum atomic E-state index is 9.90. The number of aliphatic hydroxyl groups excluding tert-OH is 1. The Hall–Kier alpha value is -0.540. The topological polar surface area (TPSA) is 29.5 Å².